The van der Waals surface area contributed by atoms with Crippen LogP contribution in [0.1, 0.15) is 17.4 Å². The zero-order chi connectivity index (χ0) is 17.4. The number of carboxylic acids is 1. The van der Waals surface area contributed by atoms with Gasteiger partial charge in [0.25, 0.3) is 0 Å². The normalized spacial score (nSPS) is 12.5. The third kappa shape index (κ3) is 3.27. The van der Waals surface area contributed by atoms with Gasteiger partial charge in [0.15, 0.2) is 5.16 Å². The number of fused-ring (bicyclic) bond motifs is 1. The van der Waals surface area contributed by atoms with Crippen LogP contribution in [-0.4, -0.2) is 26.3 Å². The van der Waals surface area contributed by atoms with E-state index >= 15 is 0 Å². The van der Waals surface area contributed by atoms with E-state index in [0.717, 1.165) is 38.0 Å². The quantitative estimate of drug-likeness (QED) is 0.384. The molecular formula is C17H15ClN2O2S2. The highest BCUT2D eigenvalue weighted by Gasteiger charge is 2.20. The van der Waals surface area contributed by atoms with Crippen molar-refractivity contribution >= 4 is 50.9 Å². The zero-order valence-corrected chi connectivity index (χ0v) is 15.7. The van der Waals surface area contributed by atoms with Crippen molar-refractivity contribution in [3.63, 3.8) is 0 Å². The van der Waals surface area contributed by atoms with Gasteiger partial charge in [-0.15, -0.1) is 11.3 Å². The maximum atomic E-state index is 11.0. The Morgan fingerprint density at radius 2 is 1.92 bits per heavy atom. The van der Waals surface area contributed by atoms with Gasteiger partial charge in [0.05, 0.1) is 5.39 Å². The predicted molar refractivity (Wildman–Crippen MR) is 100 cm³/mol. The summed E-state index contributed by atoms with van der Waals surface area (Å²) in [5, 5.41) is 9.99. The number of carbonyl (C=O) groups is 1. The number of hydrogen-bond donors (Lipinski definition) is 1. The van der Waals surface area contributed by atoms with Gasteiger partial charge in [-0.25, -0.2) is 9.97 Å². The summed E-state index contributed by atoms with van der Waals surface area (Å²) in [5.41, 5.74) is 3.32. The van der Waals surface area contributed by atoms with Gasteiger partial charge in [-0.1, -0.05) is 53.2 Å². The first-order valence-corrected chi connectivity index (χ1v) is 9.37. The molecule has 0 fully saturated rings. The molecule has 1 N–H and O–H groups in total. The van der Waals surface area contributed by atoms with E-state index in [-0.39, 0.29) is 0 Å². The van der Waals surface area contributed by atoms with Crippen LogP contribution < -0.4 is 0 Å². The second-order valence-electron chi connectivity index (χ2n) is 5.47. The molecule has 0 saturated heterocycles. The van der Waals surface area contributed by atoms with Gasteiger partial charge in [-0.05, 0) is 26.3 Å². The molecule has 2 aromatic heterocycles. The van der Waals surface area contributed by atoms with Crippen molar-refractivity contribution in [2.24, 2.45) is 0 Å². The number of rotatable bonds is 4. The number of thioether (sulfide) groups is 1. The molecule has 3 rings (SSSR count). The highest BCUT2D eigenvalue weighted by Crippen LogP contribution is 2.41. The molecule has 0 aliphatic carbocycles. The van der Waals surface area contributed by atoms with Crippen LogP contribution in [0.15, 0.2) is 29.4 Å². The average molecular weight is 379 g/mol. The lowest BCUT2D eigenvalue weighted by molar-refractivity contribution is -0.136. The molecule has 1 atom stereocenters. The molecule has 4 nitrogen and oxygen atoms in total. The second kappa shape index (κ2) is 6.70. The average Bonchev–Trinajstić information content (AvgIpc) is 2.84. The summed E-state index contributed by atoms with van der Waals surface area (Å²) in [4.78, 5) is 21.7. The Balaban J connectivity index is 2.11. The molecule has 0 spiro atoms. The molecular weight excluding hydrogens is 364 g/mol. The van der Waals surface area contributed by atoms with Crippen molar-refractivity contribution in [1.29, 1.82) is 0 Å². The first-order valence-electron chi connectivity index (χ1n) is 7.30. The van der Waals surface area contributed by atoms with Gasteiger partial charge < -0.3 is 5.11 Å². The number of carboxylic acid groups (broad SMARTS) is 1. The van der Waals surface area contributed by atoms with Crippen molar-refractivity contribution in [1.82, 2.24) is 9.97 Å². The standard InChI is InChI=1S/C17H15ClN2O2S2/c1-8-4-6-11(7-5-8)12-9(2)23-15-13(12)14(18)19-17(20-15)24-10(3)16(21)22/h4-7,10H,1-3H3,(H,21,22). The van der Waals surface area contributed by atoms with Gasteiger partial charge in [0.2, 0.25) is 0 Å². The summed E-state index contributed by atoms with van der Waals surface area (Å²) in [5.74, 6) is -0.900. The van der Waals surface area contributed by atoms with Crippen LogP contribution in [-0.2, 0) is 4.79 Å². The number of benzene rings is 1. The number of thiophene rings is 1. The number of aliphatic carboxylic acids is 1. The molecule has 3 aromatic rings. The van der Waals surface area contributed by atoms with Crippen molar-refractivity contribution in [2.45, 2.75) is 31.2 Å². The van der Waals surface area contributed by atoms with E-state index in [9.17, 15) is 4.79 Å². The molecule has 1 aromatic carbocycles. The van der Waals surface area contributed by atoms with Crippen molar-refractivity contribution in [3.05, 3.63) is 39.9 Å². The molecule has 7 heteroatoms. The minimum Gasteiger partial charge on any atom is -0.480 e. The first kappa shape index (κ1) is 17.2. The molecule has 0 aliphatic heterocycles. The lowest BCUT2D eigenvalue weighted by Gasteiger charge is -2.07. The molecule has 0 amide bonds. The fraction of sp³-hybridized carbons (Fsp3) is 0.235. The summed E-state index contributed by atoms with van der Waals surface area (Å²) in [7, 11) is 0. The van der Waals surface area contributed by atoms with Gasteiger partial charge in [0.1, 0.15) is 15.2 Å². The van der Waals surface area contributed by atoms with E-state index in [0.29, 0.717) is 10.3 Å². The Morgan fingerprint density at radius 3 is 2.54 bits per heavy atom. The Morgan fingerprint density at radius 1 is 1.25 bits per heavy atom. The molecule has 24 heavy (non-hydrogen) atoms. The number of aromatic nitrogens is 2. The van der Waals surface area contributed by atoms with Crippen LogP contribution >= 0.6 is 34.7 Å². The minimum absolute atomic E-state index is 0.361. The zero-order valence-electron chi connectivity index (χ0n) is 13.3. The van der Waals surface area contributed by atoms with Crippen molar-refractivity contribution in [2.75, 3.05) is 0 Å². The SMILES string of the molecule is Cc1ccc(-c2c(C)sc3nc(SC(C)C(=O)O)nc(Cl)c23)cc1. The van der Waals surface area contributed by atoms with Crippen molar-refractivity contribution in [3.8, 4) is 11.1 Å². The maximum Gasteiger partial charge on any atom is 0.316 e. The fourth-order valence-corrected chi connectivity index (χ4v) is 4.56. The summed E-state index contributed by atoms with van der Waals surface area (Å²) < 4.78 is 0. The molecule has 1 unspecified atom stereocenters. The van der Waals surface area contributed by atoms with Gasteiger partial charge in [0, 0.05) is 10.4 Å². The predicted octanol–water partition coefficient (Wildman–Crippen LogP) is 5.19. The van der Waals surface area contributed by atoms with E-state index in [4.69, 9.17) is 16.7 Å². The van der Waals surface area contributed by atoms with E-state index in [1.165, 1.54) is 5.56 Å². The Hall–Kier alpha value is -1.63. The van der Waals surface area contributed by atoms with Crippen LogP contribution in [0.25, 0.3) is 21.3 Å². The van der Waals surface area contributed by atoms with E-state index in [2.05, 4.69) is 34.2 Å². The number of hydrogen-bond acceptors (Lipinski definition) is 5. The summed E-state index contributed by atoms with van der Waals surface area (Å²) in [6.45, 7) is 5.68. The molecule has 0 bridgehead atoms. The molecule has 0 aliphatic rings. The van der Waals surface area contributed by atoms with E-state index in [1.807, 2.05) is 13.8 Å². The van der Waals surface area contributed by atoms with E-state index in [1.54, 1.807) is 18.3 Å². The fourth-order valence-electron chi connectivity index (χ4n) is 2.38. The molecule has 2 heterocycles. The minimum atomic E-state index is -0.900. The largest absolute Gasteiger partial charge is 0.480 e. The lowest BCUT2D eigenvalue weighted by atomic mass is 10.0. The first-order chi connectivity index (χ1) is 11.4. The summed E-state index contributed by atoms with van der Waals surface area (Å²) >= 11 is 9.06. The topological polar surface area (TPSA) is 63.1 Å². The van der Waals surface area contributed by atoms with Gasteiger partial charge >= 0.3 is 5.97 Å². The third-order valence-corrected chi connectivity index (χ3v) is 5.85. The molecule has 124 valence electrons. The highest BCUT2D eigenvalue weighted by atomic mass is 35.5. The Bertz CT molecular complexity index is 922. The van der Waals surface area contributed by atoms with Crippen LogP contribution in [0.4, 0.5) is 0 Å². The number of aryl methyl sites for hydroxylation is 2. The Labute approximate surface area is 152 Å². The summed E-state index contributed by atoms with van der Waals surface area (Å²) in [6, 6.07) is 8.25. The highest BCUT2D eigenvalue weighted by molar-refractivity contribution is 8.00. The maximum absolute atomic E-state index is 11.0. The second-order valence-corrected chi connectivity index (χ2v) is 8.34. The molecule has 0 radical (unpaired) electrons. The summed E-state index contributed by atoms with van der Waals surface area (Å²) in [6.07, 6.45) is 0. The number of halogens is 1. The Kier molecular flexibility index (Phi) is 4.80. The van der Waals surface area contributed by atoms with E-state index < -0.39 is 11.2 Å². The van der Waals surface area contributed by atoms with Crippen LogP contribution in [0.5, 0.6) is 0 Å². The van der Waals surface area contributed by atoms with Crippen molar-refractivity contribution < 1.29 is 9.90 Å². The van der Waals surface area contributed by atoms with Gasteiger partial charge in [-0.3, -0.25) is 4.79 Å². The van der Waals surface area contributed by atoms with Crippen LogP contribution in [0, 0.1) is 13.8 Å². The monoisotopic (exact) mass is 378 g/mol. The lowest BCUT2D eigenvalue weighted by Crippen LogP contribution is -2.11. The third-order valence-electron chi connectivity index (χ3n) is 3.63. The molecule has 0 saturated carbocycles. The van der Waals surface area contributed by atoms with Gasteiger partial charge in [-0.2, -0.15) is 0 Å². The number of nitrogens with zero attached hydrogens (tertiary/aromatic N) is 2. The van der Waals surface area contributed by atoms with Crippen LogP contribution in [0.3, 0.4) is 0 Å². The smallest absolute Gasteiger partial charge is 0.316 e. The van der Waals surface area contributed by atoms with Crippen LogP contribution in [0.2, 0.25) is 5.15 Å².